The van der Waals surface area contributed by atoms with Crippen LogP contribution in [0, 0.1) is 11.3 Å². The van der Waals surface area contributed by atoms with Gasteiger partial charge in [-0.15, -0.1) is 0 Å². The molecule has 1 unspecified atom stereocenters. The molecule has 8 heteroatoms. The molecule has 2 aromatic rings. The van der Waals surface area contributed by atoms with Gasteiger partial charge in [0.05, 0.1) is 29.7 Å². The van der Waals surface area contributed by atoms with Gasteiger partial charge in [0.25, 0.3) is 0 Å². The van der Waals surface area contributed by atoms with Gasteiger partial charge in [0.1, 0.15) is 11.9 Å². The van der Waals surface area contributed by atoms with Crippen molar-refractivity contribution in [3.05, 3.63) is 48.2 Å². The van der Waals surface area contributed by atoms with E-state index in [1.807, 2.05) is 13.0 Å². The Kier molecular flexibility index (Phi) is 5.40. The standard InChI is InChI=1S/C18H19N3O4S/c1-2-24-15-3-5-17(6-4-15)26(22,23)21-10-8-16(13-21)25-18-11-14(12-19)7-9-20-18/h3-7,9,11,16H,2,8,10,13H2,1H3. The molecule has 0 spiro atoms. The molecule has 136 valence electrons. The van der Waals surface area contributed by atoms with Crippen LogP contribution in [0.25, 0.3) is 0 Å². The van der Waals surface area contributed by atoms with Gasteiger partial charge in [-0.2, -0.15) is 9.57 Å². The highest BCUT2D eigenvalue weighted by atomic mass is 32.2. The largest absolute Gasteiger partial charge is 0.494 e. The average Bonchev–Trinajstić information content (AvgIpc) is 3.12. The fourth-order valence-electron chi connectivity index (χ4n) is 2.75. The minimum atomic E-state index is -3.58. The van der Waals surface area contributed by atoms with Crippen LogP contribution in [0.15, 0.2) is 47.5 Å². The lowest BCUT2D eigenvalue weighted by Gasteiger charge is -2.17. The van der Waals surface area contributed by atoms with Crippen molar-refractivity contribution >= 4 is 10.0 Å². The number of hydrogen-bond acceptors (Lipinski definition) is 6. The third kappa shape index (κ3) is 3.95. The lowest BCUT2D eigenvalue weighted by atomic mass is 10.3. The zero-order valence-electron chi connectivity index (χ0n) is 14.3. The Balaban J connectivity index is 1.68. The second kappa shape index (κ2) is 7.72. The first-order valence-corrected chi connectivity index (χ1v) is 9.72. The summed E-state index contributed by atoms with van der Waals surface area (Å²) in [6.45, 7) is 3.01. The number of benzene rings is 1. The molecule has 1 aliphatic rings. The number of ether oxygens (including phenoxy) is 2. The molecule has 7 nitrogen and oxygen atoms in total. The molecular weight excluding hydrogens is 354 g/mol. The normalized spacial score (nSPS) is 17.6. The van der Waals surface area contributed by atoms with E-state index in [0.717, 1.165) is 0 Å². The molecule has 0 radical (unpaired) electrons. The van der Waals surface area contributed by atoms with Gasteiger partial charge in [-0.3, -0.25) is 0 Å². The number of nitriles is 1. The zero-order valence-corrected chi connectivity index (χ0v) is 15.1. The molecule has 0 amide bonds. The van der Waals surface area contributed by atoms with Crippen molar-refractivity contribution in [2.45, 2.75) is 24.3 Å². The highest BCUT2D eigenvalue weighted by Gasteiger charge is 2.33. The Hall–Kier alpha value is -2.63. The Labute approximate surface area is 152 Å². The molecule has 1 aliphatic heterocycles. The number of hydrogen-bond donors (Lipinski definition) is 0. The number of rotatable bonds is 6. The number of pyridine rings is 1. The molecule has 1 saturated heterocycles. The minimum absolute atomic E-state index is 0.228. The third-order valence-electron chi connectivity index (χ3n) is 4.03. The van der Waals surface area contributed by atoms with Gasteiger partial charge in [-0.05, 0) is 43.7 Å². The van der Waals surface area contributed by atoms with Crippen molar-refractivity contribution in [3.8, 4) is 17.7 Å². The van der Waals surface area contributed by atoms with Crippen LogP contribution in [0.2, 0.25) is 0 Å². The first kappa shape index (κ1) is 18.2. The summed E-state index contributed by atoms with van der Waals surface area (Å²) < 4.78 is 38.0. The second-order valence-corrected chi connectivity index (χ2v) is 7.73. The molecule has 1 fully saturated rings. The summed E-state index contributed by atoms with van der Waals surface area (Å²) in [6, 6.07) is 11.6. The Morgan fingerprint density at radius 1 is 1.31 bits per heavy atom. The highest BCUT2D eigenvalue weighted by Crippen LogP contribution is 2.25. The second-order valence-electron chi connectivity index (χ2n) is 5.79. The maximum absolute atomic E-state index is 12.8. The minimum Gasteiger partial charge on any atom is -0.494 e. The molecule has 0 aliphatic carbocycles. The first-order chi connectivity index (χ1) is 12.5. The van der Waals surface area contributed by atoms with Crippen molar-refractivity contribution in [2.75, 3.05) is 19.7 Å². The molecule has 3 rings (SSSR count). The summed E-state index contributed by atoms with van der Waals surface area (Å²) in [7, 11) is -3.58. The summed E-state index contributed by atoms with van der Waals surface area (Å²) in [5.74, 6) is 0.965. The summed E-state index contributed by atoms with van der Waals surface area (Å²) >= 11 is 0. The van der Waals surface area contributed by atoms with Crippen LogP contribution < -0.4 is 9.47 Å². The van der Waals surface area contributed by atoms with Gasteiger partial charge in [-0.1, -0.05) is 0 Å². The van der Waals surface area contributed by atoms with Gasteiger partial charge in [-0.25, -0.2) is 13.4 Å². The van der Waals surface area contributed by atoms with Gasteiger partial charge in [0.15, 0.2) is 0 Å². The van der Waals surface area contributed by atoms with Gasteiger partial charge in [0.2, 0.25) is 15.9 Å². The first-order valence-electron chi connectivity index (χ1n) is 8.28. The fourth-order valence-corrected chi connectivity index (χ4v) is 4.24. The number of sulfonamides is 1. The van der Waals surface area contributed by atoms with Crippen LogP contribution in [-0.4, -0.2) is 43.5 Å². The molecule has 0 saturated carbocycles. The summed E-state index contributed by atoms with van der Waals surface area (Å²) in [5.41, 5.74) is 0.451. The molecule has 0 bridgehead atoms. The van der Waals surface area contributed by atoms with Gasteiger partial charge < -0.3 is 9.47 Å². The zero-order chi connectivity index (χ0) is 18.6. The lowest BCUT2D eigenvalue weighted by Crippen LogP contribution is -2.31. The fraction of sp³-hybridized carbons (Fsp3) is 0.333. The predicted octanol–water partition coefficient (Wildman–Crippen LogP) is 2.19. The van der Waals surface area contributed by atoms with Gasteiger partial charge >= 0.3 is 0 Å². The van der Waals surface area contributed by atoms with Crippen LogP contribution >= 0.6 is 0 Å². The van der Waals surface area contributed by atoms with Crippen LogP contribution in [0.1, 0.15) is 18.9 Å². The number of nitrogens with zero attached hydrogens (tertiary/aromatic N) is 3. The maximum Gasteiger partial charge on any atom is 0.243 e. The van der Waals surface area contributed by atoms with Crippen molar-refractivity contribution < 1.29 is 17.9 Å². The predicted molar refractivity (Wildman–Crippen MR) is 94.4 cm³/mol. The van der Waals surface area contributed by atoms with Crippen molar-refractivity contribution in [2.24, 2.45) is 0 Å². The smallest absolute Gasteiger partial charge is 0.243 e. The average molecular weight is 373 g/mol. The van der Waals surface area contributed by atoms with Crippen LogP contribution in [-0.2, 0) is 10.0 Å². The summed E-state index contributed by atoms with van der Waals surface area (Å²) in [6.07, 6.45) is 1.76. The molecule has 1 atom stereocenters. The molecule has 26 heavy (non-hydrogen) atoms. The summed E-state index contributed by atoms with van der Waals surface area (Å²) in [4.78, 5) is 4.30. The lowest BCUT2D eigenvalue weighted by molar-refractivity contribution is 0.207. The van der Waals surface area contributed by atoms with E-state index in [-0.39, 0.29) is 17.5 Å². The molecular formula is C18H19N3O4S. The van der Waals surface area contributed by atoms with E-state index in [2.05, 4.69) is 4.98 Å². The monoisotopic (exact) mass is 373 g/mol. The van der Waals surface area contributed by atoms with E-state index in [1.54, 1.807) is 36.4 Å². The van der Waals surface area contributed by atoms with Crippen molar-refractivity contribution in [1.29, 1.82) is 5.26 Å². The quantitative estimate of drug-likeness (QED) is 0.771. The SMILES string of the molecule is CCOc1ccc(S(=O)(=O)N2CCC(Oc3cc(C#N)ccn3)C2)cc1. The van der Waals surface area contributed by atoms with Crippen LogP contribution in [0.4, 0.5) is 0 Å². The van der Waals surface area contributed by atoms with Crippen molar-refractivity contribution in [3.63, 3.8) is 0 Å². The maximum atomic E-state index is 12.8. The van der Waals surface area contributed by atoms with E-state index in [1.165, 1.54) is 10.5 Å². The van der Waals surface area contributed by atoms with E-state index < -0.39 is 10.0 Å². The highest BCUT2D eigenvalue weighted by molar-refractivity contribution is 7.89. The topological polar surface area (TPSA) is 92.5 Å². The molecule has 2 heterocycles. The molecule has 0 N–H and O–H groups in total. The molecule has 1 aromatic heterocycles. The summed E-state index contributed by atoms with van der Waals surface area (Å²) in [5, 5.41) is 8.92. The third-order valence-corrected chi connectivity index (χ3v) is 5.91. The van der Waals surface area contributed by atoms with E-state index in [4.69, 9.17) is 14.7 Å². The van der Waals surface area contributed by atoms with Crippen molar-refractivity contribution in [1.82, 2.24) is 9.29 Å². The Morgan fingerprint density at radius 3 is 2.77 bits per heavy atom. The van der Waals surface area contributed by atoms with Gasteiger partial charge in [0, 0.05) is 18.8 Å². The Bertz CT molecular complexity index is 907. The molecule has 1 aromatic carbocycles. The number of aromatic nitrogens is 1. The van der Waals surface area contributed by atoms with E-state index in [0.29, 0.717) is 36.8 Å². The van der Waals surface area contributed by atoms with E-state index >= 15 is 0 Å². The van der Waals surface area contributed by atoms with Crippen LogP contribution in [0.3, 0.4) is 0 Å². The Morgan fingerprint density at radius 2 is 2.08 bits per heavy atom. The van der Waals surface area contributed by atoms with E-state index in [9.17, 15) is 8.42 Å². The van der Waals surface area contributed by atoms with Crippen LogP contribution in [0.5, 0.6) is 11.6 Å².